The summed E-state index contributed by atoms with van der Waals surface area (Å²) in [7, 11) is 1.76. The fourth-order valence-electron chi connectivity index (χ4n) is 1.57. The number of phenols is 1. The summed E-state index contributed by atoms with van der Waals surface area (Å²) in [5, 5.41) is 26.8. The predicted molar refractivity (Wildman–Crippen MR) is 71.2 cm³/mol. The minimum atomic E-state index is -0.900. The van der Waals surface area contributed by atoms with Gasteiger partial charge in [-0.15, -0.1) is 10.2 Å². The van der Waals surface area contributed by atoms with Gasteiger partial charge < -0.3 is 14.8 Å². The maximum absolute atomic E-state index is 10.5. The molecule has 19 heavy (non-hydrogen) atoms. The summed E-state index contributed by atoms with van der Waals surface area (Å²) in [5.41, 5.74) is 1.52. The van der Waals surface area contributed by atoms with Gasteiger partial charge in [0.1, 0.15) is 5.75 Å². The topological polar surface area (TPSA) is 88.2 Å². The molecule has 1 aromatic carbocycles. The lowest BCUT2D eigenvalue weighted by Crippen LogP contribution is -2.01. The number of aliphatic carboxylic acids is 1. The van der Waals surface area contributed by atoms with Crippen LogP contribution in [-0.4, -0.2) is 36.7 Å². The van der Waals surface area contributed by atoms with E-state index < -0.39 is 5.97 Å². The molecule has 0 aliphatic carbocycles. The standard InChI is InChI=1S/C12H13N3O3S/c1-7-3-4-8(5-9(7)16)11-13-14-12(15(11)2)19-6-10(17)18/h3-5,16H,6H2,1-2H3,(H,17,18). The van der Waals surface area contributed by atoms with E-state index >= 15 is 0 Å². The highest BCUT2D eigenvalue weighted by Crippen LogP contribution is 2.26. The van der Waals surface area contributed by atoms with Crippen molar-refractivity contribution in [3.63, 3.8) is 0 Å². The number of nitrogens with zero attached hydrogens (tertiary/aromatic N) is 3. The highest BCUT2D eigenvalue weighted by molar-refractivity contribution is 7.99. The number of hydrogen-bond acceptors (Lipinski definition) is 5. The first kappa shape index (κ1) is 13.4. The number of rotatable bonds is 4. The molecule has 2 rings (SSSR count). The second-order valence-corrected chi connectivity index (χ2v) is 4.99. The van der Waals surface area contributed by atoms with Gasteiger partial charge in [-0.1, -0.05) is 23.9 Å². The molecule has 0 fully saturated rings. The zero-order valence-corrected chi connectivity index (χ0v) is 11.3. The lowest BCUT2D eigenvalue weighted by Gasteiger charge is -2.05. The first-order valence-corrected chi connectivity index (χ1v) is 6.51. The number of carbonyl (C=O) groups is 1. The number of carboxylic acids is 1. The molecular formula is C12H13N3O3S. The molecule has 100 valence electrons. The Kier molecular flexibility index (Phi) is 3.75. The van der Waals surface area contributed by atoms with E-state index in [9.17, 15) is 9.90 Å². The Balaban J connectivity index is 2.30. The minimum absolute atomic E-state index is 0.0644. The molecule has 0 saturated heterocycles. The predicted octanol–water partition coefficient (Wildman–Crippen LogP) is 1.67. The van der Waals surface area contributed by atoms with Crippen LogP contribution in [0.3, 0.4) is 0 Å². The number of aromatic nitrogens is 3. The number of carboxylic acid groups (broad SMARTS) is 1. The van der Waals surface area contributed by atoms with Gasteiger partial charge in [0.2, 0.25) is 0 Å². The number of aromatic hydroxyl groups is 1. The van der Waals surface area contributed by atoms with Crippen LogP contribution in [0.2, 0.25) is 0 Å². The van der Waals surface area contributed by atoms with Gasteiger partial charge in [0.25, 0.3) is 0 Å². The molecule has 0 bridgehead atoms. The maximum Gasteiger partial charge on any atom is 0.313 e. The van der Waals surface area contributed by atoms with E-state index in [1.54, 1.807) is 23.7 Å². The van der Waals surface area contributed by atoms with Crippen LogP contribution in [0.4, 0.5) is 0 Å². The van der Waals surface area contributed by atoms with Crippen LogP contribution in [0.5, 0.6) is 5.75 Å². The summed E-state index contributed by atoms with van der Waals surface area (Å²) < 4.78 is 1.71. The van der Waals surface area contributed by atoms with E-state index in [0.29, 0.717) is 11.0 Å². The quantitative estimate of drug-likeness (QED) is 0.828. The number of thioether (sulfide) groups is 1. The van der Waals surface area contributed by atoms with Gasteiger partial charge in [-0.05, 0) is 18.6 Å². The van der Waals surface area contributed by atoms with Crippen molar-refractivity contribution in [3.05, 3.63) is 23.8 Å². The van der Waals surface area contributed by atoms with Crippen LogP contribution >= 0.6 is 11.8 Å². The van der Waals surface area contributed by atoms with Crippen molar-refractivity contribution in [1.82, 2.24) is 14.8 Å². The molecule has 0 unspecified atom stereocenters. The molecule has 0 saturated carbocycles. The van der Waals surface area contributed by atoms with Crippen molar-refractivity contribution in [2.24, 2.45) is 7.05 Å². The summed E-state index contributed by atoms with van der Waals surface area (Å²) in [4.78, 5) is 10.5. The van der Waals surface area contributed by atoms with Gasteiger partial charge >= 0.3 is 5.97 Å². The van der Waals surface area contributed by atoms with Crippen molar-refractivity contribution in [2.45, 2.75) is 12.1 Å². The first-order chi connectivity index (χ1) is 8.99. The fourth-order valence-corrected chi connectivity index (χ4v) is 2.20. The van der Waals surface area contributed by atoms with Crippen LogP contribution < -0.4 is 0 Å². The van der Waals surface area contributed by atoms with Crippen molar-refractivity contribution in [1.29, 1.82) is 0 Å². The number of benzene rings is 1. The third-order valence-corrected chi connectivity index (χ3v) is 3.63. The van der Waals surface area contributed by atoms with E-state index in [4.69, 9.17) is 5.11 Å². The smallest absolute Gasteiger partial charge is 0.313 e. The van der Waals surface area contributed by atoms with Gasteiger partial charge in [0.15, 0.2) is 11.0 Å². The molecule has 2 aromatic rings. The molecule has 7 heteroatoms. The van der Waals surface area contributed by atoms with Crippen molar-refractivity contribution >= 4 is 17.7 Å². The number of aryl methyl sites for hydroxylation is 1. The summed E-state index contributed by atoms with van der Waals surface area (Å²) in [5.74, 6) is -0.184. The van der Waals surface area contributed by atoms with Crippen LogP contribution in [0.15, 0.2) is 23.4 Å². The van der Waals surface area contributed by atoms with Crippen LogP contribution in [0, 0.1) is 6.92 Å². The largest absolute Gasteiger partial charge is 0.508 e. The Labute approximate surface area is 114 Å². The van der Waals surface area contributed by atoms with E-state index in [-0.39, 0.29) is 11.5 Å². The zero-order chi connectivity index (χ0) is 14.0. The average Bonchev–Trinajstić information content (AvgIpc) is 2.72. The lowest BCUT2D eigenvalue weighted by atomic mass is 10.1. The van der Waals surface area contributed by atoms with Gasteiger partial charge in [-0.3, -0.25) is 4.79 Å². The summed E-state index contributed by atoms with van der Waals surface area (Å²) in [6.45, 7) is 1.81. The fraction of sp³-hybridized carbons (Fsp3) is 0.250. The van der Waals surface area contributed by atoms with Crippen molar-refractivity contribution in [3.8, 4) is 17.1 Å². The second kappa shape index (κ2) is 5.31. The minimum Gasteiger partial charge on any atom is -0.508 e. The van der Waals surface area contributed by atoms with Gasteiger partial charge in [-0.2, -0.15) is 0 Å². The number of phenolic OH excluding ortho intramolecular Hbond substituents is 1. The van der Waals surface area contributed by atoms with E-state index in [1.165, 1.54) is 0 Å². The normalized spacial score (nSPS) is 10.6. The van der Waals surface area contributed by atoms with Crippen LogP contribution in [0.25, 0.3) is 11.4 Å². The summed E-state index contributed by atoms with van der Waals surface area (Å²) >= 11 is 1.11. The van der Waals surface area contributed by atoms with E-state index in [0.717, 1.165) is 22.9 Å². The van der Waals surface area contributed by atoms with Crippen LogP contribution in [-0.2, 0) is 11.8 Å². The molecule has 2 N–H and O–H groups in total. The Morgan fingerprint density at radius 3 is 2.79 bits per heavy atom. The Hall–Kier alpha value is -2.02. The van der Waals surface area contributed by atoms with Crippen molar-refractivity contribution in [2.75, 3.05) is 5.75 Å². The molecule has 1 heterocycles. The SMILES string of the molecule is Cc1ccc(-c2nnc(SCC(=O)O)n2C)cc1O. The maximum atomic E-state index is 10.5. The third-order valence-electron chi connectivity index (χ3n) is 2.63. The zero-order valence-electron chi connectivity index (χ0n) is 10.5. The molecule has 0 amide bonds. The van der Waals surface area contributed by atoms with Crippen LogP contribution in [0.1, 0.15) is 5.56 Å². The Morgan fingerprint density at radius 1 is 1.42 bits per heavy atom. The van der Waals surface area contributed by atoms with Crippen molar-refractivity contribution < 1.29 is 15.0 Å². The third kappa shape index (κ3) is 2.87. The monoisotopic (exact) mass is 279 g/mol. The number of hydrogen-bond donors (Lipinski definition) is 2. The van der Waals surface area contributed by atoms with Gasteiger partial charge in [-0.25, -0.2) is 0 Å². The first-order valence-electron chi connectivity index (χ1n) is 5.53. The molecule has 0 aliphatic rings. The summed E-state index contributed by atoms with van der Waals surface area (Å²) in [6.07, 6.45) is 0. The molecular weight excluding hydrogens is 266 g/mol. The molecule has 0 spiro atoms. The second-order valence-electron chi connectivity index (χ2n) is 4.05. The lowest BCUT2D eigenvalue weighted by molar-refractivity contribution is -0.133. The van der Waals surface area contributed by atoms with Gasteiger partial charge in [0.05, 0.1) is 5.75 Å². The summed E-state index contributed by atoms with van der Waals surface area (Å²) in [6, 6.07) is 5.25. The Bertz CT molecular complexity index is 625. The molecule has 0 aliphatic heterocycles. The van der Waals surface area contributed by atoms with E-state index in [2.05, 4.69) is 10.2 Å². The Morgan fingerprint density at radius 2 is 2.16 bits per heavy atom. The molecule has 0 radical (unpaired) electrons. The highest BCUT2D eigenvalue weighted by Gasteiger charge is 2.13. The molecule has 0 atom stereocenters. The van der Waals surface area contributed by atoms with E-state index in [1.807, 2.05) is 13.0 Å². The average molecular weight is 279 g/mol. The highest BCUT2D eigenvalue weighted by atomic mass is 32.2. The molecule has 1 aromatic heterocycles. The van der Waals surface area contributed by atoms with Gasteiger partial charge in [0, 0.05) is 12.6 Å². The molecule has 6 nitrogen and oxygen atoms in total.